The molecule has 3 rings (SSSR count). The fourth-order valence-corrected chi connectivity index (χ4v) is 4.56. The summed E-state index contributed by atoms with van der Waals surface area (Å²) in [6.07, 6.45) is 6.85. The van der Waals surface area contributed by atoms with Gasteiger partial charge in [-0.15, -0.1) is 0 Å². The maximum absolute atomic E-state index is 6.32. The van der Waals surface area contributed by atoms with E-state index in [-0.39, 0.29) is 0 Å². The van der Waals surface area contributed by atoms with E-state index >= 15 is 0 Å². The molecule has 0 atom stereocenters. The van der Waals surface area contributed by atoms with Gasteiger partial charge in [0, 0.05) is 30.2 Å². The molecule has 0 saturated carbocycles. The highest BCUT2D eigenvalue weighted by molar-refractivity contribution is 7.52. The van der Waals surface area contributed by atoms with E-state index in [1.807, 2.05) is 22.9 Å². The highest BCUT2D eigenvalue weighted by Crippen LogP contribution is 2.39. The molecule has 0 aliphatic carbocycles. The van der Waals surface area contributed by atoms with Crippen LogP contribution in [0.25, 0.3) is 21.9 Å². The first-order chi connectivity index (χ1) is 14.6. The highest BCUT2D eigenvalue weighted by Gasteiger charge is 2.19. The Bertz CT molecular complexity index is 971. The summed E-state index contributed by atoms with van der Waals surface area (Å²) in [5, 5.41) is 0.970. The zero-order valence-corrected chi connectivity index (χ0v) is 19.3. The van der Waals surface area contributed by atoms with E-state index < -0.39 is 8.15 Å². The molecule has 2 heterocycles. The molecule has 0 radical (unpaired) electrons. The van der Waals surface area contributed by atoms with Crippen molar-refractivity contribution in [3.05, 3.63) is 24.0 Å². The minimum Gasteiger partial charge on any atom is -0.474 e. The van der Waals surface area contributed by atoms with Gasteiger partial charge in [0.25, 0.3) is 0 Å². The summed E-state index contributed by atoms with van der Waals surface area (Å²) in [5.41, 5.74) is 14.3. The number of fused-ring (bicyclic) bond motifs is 3. The van der Waals surface area contributed by atoms with Crippen molar-refractivity contribution in [2.24, 2.45) is 5.73 Å². The molecule has 0 unspecified atom stereocenters. The van der Waals surface area contributed by atoms with E-state index in [9.17, 15) is 0 Å². The predicted molar refractivity (Wildman–Crippen MR) is 126 cm³/mol. The molecular formula is C22H34N5O2P. The number of hydrogen-bond acceptors (Lipinski definition) is 6. The maximum atomic E-state index is 6.32. The smallest absolute Gasteiger partial charge is 0.152 e. The van der Waals surface area contributed by atoms with Crippen LogP contribution in [0.5, 0.6) is 5.75 Å². The van der Waals surface area contributed by atoms with Gasteiger partial charge in [-0.2, -0.15) is 4.73 Å². The third kappa shape index (κ3) is 4.96. The lowest BCUT2D eigenvalue weighted by molar-refractivity contribution is 0.109. The Morgan fingerprint density at radius 1 is 1.07 bits per heavy atom. The molecule has 8 heteroatoms. The summed E-state index contributed by atoms with van der Waals surface area (Å²) >= 11 is 0. The summed E-state index contributed by atoms with van der Waals surface area (Å²) in [4.78, 5) is 15.6. The second kappa shape index (κ2) is 10.8. The van der Waals surface area contributed by atoms with Crippen molar-refractivity contribution in [3.8, 4) is 5.75 Å². The van der Waals surface area contributed by atoms with E-state index in [0.717, 1.165) is 72.4 Å². The Hall–Kier alpha value is -2.11. The third-order valence-electron chi connectivity index (χ3n) is 5.12. The number of hydrogen-bond donors (Lipinski definition) is 2. The molecule has 2 aromatic heterocycles. The molecule has 0 bridgehead atoms. The van der Waals surface area contributed by atoms with Crippen molar-refractivity contribution < 1.29 is 9.36 Å². The average molecular weight is 432 g/mol. The van der Waals surface area contributed by atoms with E-state index in [4.69, 9.17) is 25.8 Å². The van der Waals surface area contributed by atoms with Crippen molar-refractivity contribution in [2.75, 3.05) is 31.2 Å². The van der Waals surface area contributed by atoms with Gasteiger partial charge in [-0.05, 0) is 37.9 Å². The van der Waals surface area contributed by atoms with Gasteiger partial charge in [-0.25, -0.2) is 9.97 Å². The molecule has 0 saturated heterocycles. The van der Waals surface area contributed by atoms with Crippen LogP contribution in [-0.2, 0) is 6.42 Å². The molecule has 7 nitrogen and oxygen atoms in total. The summed E-state index contributed by atoms with van der Waals surface area (Å²) < 4.78 is 8.04. The van der Waals surface area contributed by atoms with Gasteiger partial charge in [0.05, 0.1) is 13.7 Å². The molecule has 0 spiro atoms. The number of aromatic nitrogens is 3. The Morgan fingerprint density at radius 2 is 1.87 bits per heavy atom. The summed E-state index contributed by atoms with van der Waals surface area (Å²) in [5.74, 6) is 2.15. The maximum Gasteiger partial charge on any atom is 0.152 e. The molecule has 164 valence electrons. The second-order valence-electron chi connectivity index (χ2n) is 7.33. The van der Waals surface area contributed by atoms with E-state index in [1.54, 1.807) is 0 Å². The minimum atomic E-state index is -0.462. The van der Waals surface area contributed by atoms with Crippen LogP contribution in [0.4, 0.5) is 5.82 Å². The fraction of sp³-hybridized carbons (Fsp3) is 0.545. The number of imidazole rings is 1. The largest absolute Gasteiger partial charge is 0.474 e. The summed E-state index contributed by atoms with van der Waals surface area (Å²) in [6.45, 7) is 7.74. The first kappa shape index (κ1) is 22.6. The predicted octanol–water partition coefficient (Wildman–Crippen LogP) is 4.49. The van der Waals surface area contributed by atoms with Crippen molar-refractivity contribution in [1.29, 1.82) is 0 Å². The Labute approximate surface area is 179 Å². The molecular weight excluding hydrogens is 397 g/mol. The van der Waals surface area contributed by atoms with Crippen molar-refractivity contribution in [1.82, 2.24) is 14.7 Å². The Morgan fingerprint density at radius 3 is 2.57 bits per heavy atom. The van der Waals surface area contributed by atoms with Gasteiger partial charge in [0.15, 0.2) is 5.82 Å². The first-order valence-electron chi connectivity index (χ1n) is 11.0. The number of benzene rings is 1. The monoisotopic (exact) mass is 431 g/mol. The molecule has 4 N–H and O–H groups in total. The Kier molecular flexibility index (Phi) is 8.11. The number of unbranched alkanes of at least 4 members (excludes halogenated alkanes) is 2. The van der Waals surface area contributed by atoms with Crippen molar-refractivity contribution in [2.45, 2.75) is 52.9 Å². The van der Waals surface area contributed by atoms with Crippen molar-refractivity contribution in [3.63, 3.8) is 0 Å². The summed E-state index contributed by atoms with van der Waals surface area (Å²) in [7, 11) is -0.462. The number of nitrogens with zero attached hydrogens (tertiary/aromatic N) is 3. The van der Waals surface area contributed by atoms with Crippen LogP contribution >= 0.6 is 8.15 Å². The lowest BCUT2D eigenvalue weighted by atomic mass is 10.2. The number of pyridine rings is 1. The zero-order chi connectivity index (χ0) is 21.5. The van der Waals surface area contributed by atoms with Crippen LogP contribution in [0.3, 0.4) is 0 Å². The van der Waals surface area contributed by atoms with Crippen LogP contribution in [0, 0.1) is 0 Å². The lowest BCUT2D eigenvalue weighted by Gasteiger charge is -2.16. The van der Waals surface area contributed by atoms with Crippen LogP contribution < -0.4 is 20.8 Å². The normalized spacial score (nSPS) is 11.6. The lowest BCUT2D eigenvalue weighted by Crippen LogP contribution is -2.17. The number of anilines is 1. The van der Waals surface area contributed by atoms with Crippen LogP contribution in [-0.4, -0.2) is 40.2 Å². The van der Waals surface area contributed by atoms with Crippen LogP contribution in [0.1, 0.15) is 52.3 Å². The standard InChI is InChI=1S/C22H34N5O2P/c1-4-7-10-19-26-20-21(27(19)28-14-9-8-13-23)17-12-11-16(29-30(5-2)6-3)15-18(17)25-22(20)24/h11-12,15H,4-10,13-14,23H2,1-3H3,(H2,24,25). The number of rotatable bonds is 12. The zero-order valence-electron chi connectivity index (χ0n) is 18.4. The molecule has 0 aliphatic heterocycles. The van der Waals surface area contributed by atoms with E-state index in [2.05, 4.69) is 25.8 Å². The molecule has 0 fully saturated rings. The molecule has 0 aliphatic rings. The third-order valence-corrected chi connectivity index (χ3v) is 7.00. The fourth-order valence-electron chi connectivity index (χ4n) is 3.45. The quantitative estimate of drug-likeness (QED) is 0.324. The highest BCUT2D eigenvalue weighted by atomic mass is 31.1. The van der Waals surface area contributed by atoms with Gasteiger partial charge in [-0.1, -0.05) is 27.2 Å². The Balaban J connectivity index is 2.07. The van der Waals surface area contributed by atoms with Gasteiger partial charge >= 0.3 is 0 Å². The first-order valence-corrected chi connectivity index (χ1v) is 12.6. The van der Waals surface area contributed by atoms with Gasteiger partial charge in [0.2, 0.25) is 0 Å². The van der Waals surface area contributed by atoms with Crippen molar-refractivity contribution >= 4 is 35.9 Å². The summed E-state index contributed by atoms with van der Waals surface area (Å²) in [6, 6.07) is 6.03. The van der Waals surface area contributed by atoms with Crippen LogP contribution in [0.2, 0.25) is 0 Å². The van der Waals surface area contributed by atoms with Gasteiger partial charge in [-0.3, -0.25) is 0 Å². The molecule has 30 heavy (non-hydrogen) atoms. The average Bonchev–Trinajstić information content (AvgIpc) is 3.12. The number of nitrogen functional groups attached to an aromatic ring is 1. The topological polar surface area (TPSA) is 101 Å². The van der Waals surface area contributed by atoms with Crippen LogP contribution in [0.15, 0.2) is 18.2 Å². The molecule has 3 aromatic rings. The number of nitrogens with two attached hydrogens (primary N) is 2. The molecule has 1 aromatic carbocycles. The second-order valence-corrected chi connectivity index (χ2v) is 9.74. The van der Waals surface area contributed by atoms with E-state index in [1.165, 1.54) is 0 Å². The minimum absolute atomic E-state index is 0.421. The SMILES string of the molecule is CCCCc1nc2c(N)nc3cc(OP(CC)CC)ccc3c2n1OCCCCN. The van der Waals surface area contributed by atoms with E-state index in [0.29, 0.717) is 24.5 Å². The van der Waals surface area contributed by atoms with Gasteiger partial charge in [0.1, 0.15) is 29.2 Å². The molecule has 0 amide bonds. The number of aryl methyl sites for hydroxylation is 1. The van der Waals surface area contributed by atoms with Gasteiger partial charge < -0.3 is 20.8 Å².